The molecular formula is C26H34N2O5. The van der Waals surface area contributed by atoms with Crippen molar-refractivity contribution in [1.29, 1.82) is 0 Å². The molecule has 7 nitrogen and oxygen atoms in total. The highest BCUT2D eigenvalue weighted by molar-refractivity contribution is 5.80. The van der Waals surface area contributed by atoms with Crippen LogP contribution in [0.2, 0.25) is 0 Å². The fourth-order valence-corrected chi connectivity index (χ4v) is 3.84. The second kappa shape index (κ2) is 10.6. The average molecular weight is 455 g/mol. The van der Waals surface area contributed by atoms with E-state index in [1.54, 1.807) is 35.0 Å². The number of likely N-dealkylation sites (N-methyl/N-ethyl adjacent to an activating group) is 1. The maximum absolute atomic E-state index is 13.1. The SMILES string of the molecule is CN(C(=O)OC(C)(C)C)[C@H]1CCCN(C(=O)Cc2cc(O)ccc2OCc2ccccc2)C1. The van der Waals surface area contributed by atoms with E-state index < -0.39 is 5.60 Å². The molecule has 2 aromatic rings. The molecule has 0 saturated carbocycles. The van der Waals surface area contributed by atoms with Gasteiger partial charge in [0.15, 0.2) is 0 Å². The third kappa shape index (κ3) is 7.14. The van der Waals surface area contributed by atoms with Crippen molar-refractivity contribution in [3.8, 4) is 11.5 Å². The van der Waals surface area contributed by atoms with E-state index in [9.17, 15) is 14.7 Å². The van der Waals surface area contributed by atoms with Gasteiger partial charge in [-0.05, 0) is 57.4 Å². The molecule has 1 fully saturated rings. The van der Waals surface area contributed by atoms with Crippen molar-refractivity contribution in [2.24, 2.45) is 0 Å². The van der Waals surface area contributed by atoms with Crippen molar-refractivity contribution < 1.29 is 24.2 Å². The van der Waals surface area contributed by atoms with E-state index in [0.717, 1.165) is 18.4 Å². The maximum atomic E-state index is 13.1. The number of ether oxygens (including phenoxy) is 2. The summed E-state index contributed by atoms with van der Waals surface area (Å²) in [4.78, 5) is 28.9. The molecule has 1 N–H and O–H groups in total. The van der Waals surface area contributed by atoms with E-state index in [-0.39, 0.29) is 30.2 Å². The molecule has 1 aliphatic rings. The van der Waals surface area contributed by atoms with Crippen LogP contribution in [0, 0.1) is 0 Å². The fraction of sp³-hybridized carbons (Fsp3) is 0.462. The molecule has 0 unspecified atom stereocenters. The highest BCUT2D eigenvalue weighted by Gasteiger charge is 2.31. The summed E-state index contributed by atoms with van der Waals surface area (Å²) in [5.41, 5.74) is 1.09. The Morgan fingerprint density at radius 1 is 1.15 bits per heavy atom. The van der Waals surface area contributed by atoms with E-state index in [4.69, 9.17) is 9.47 Å². The summed E-state index contributed by atoms with van der Waals surface area (Å²) < 4.78 is 11.4. The number of carbonyl (C=O) groups is 2. The topological polar surface area (TPSA) is 79.3 Å². The first-order valence-corrected chi connectivity index (χ1v) is 11.3. The van der Waals surface area contributed by atoms with Crippen molar-refractivity contribution in [3.05, 3.63) is 59.7 Å². The van der Waals surface area contributed by atoms with E-state index in [1.807, 2.05) is 51.1 Å². The van der Waals surface area contributed by atoms with Gasteiger partial charge in [-0.2, -0.15) is 0 Å². The van der Waals surface area contributed by atoms with Gasteiger partial charge in [-0.3, -0.25) is 4.79 Å². The third-order valence-corrected chi connectivity index (χ3v) is 5.60. The smallest absolute Gasteiger partial charge is 0.410 e. The van der Waals surface area contributed by atoms with Gasteiger partial charge in [0.05, 0.1) is 12.5 Å². The number of piperidine rings is 1. The predicted octanol–water partition coefficient (Wildman–Crippen LogP) is 4.37. The second-order valence-electron chi connectivity index (χ2n) is 9.47. The lowest BCUT2D eigenvalue weighted by Gasteiger charge is -2.38. The molecule has 2 amide bonds. The maximum Gasteiger partial charge on any atom is 0.410 e. The quantitative estimate of drug-likeness (QED) is 0.701. The molecule has 1 heterocycles. The minimum atomic E-state index is -0.568. The molecule has 3 rings (SSSR count). The lowest BCUT2D eigenvalue weighted by Crippen LogP contribution is -2.51. The Morgan fingerprint density at radius 3 is 2.58 bits per heavy atom. The van der Waals surface area contributed by atoms with Crippen LogP contribution < -0.4 is 4.74 Å². The number of carbonyl (C=O) groups excluding carboxylic acids is 2. The van der Waals surface area contributed by atoms with Crippen LogP contribution >= 0.6 is 0 Å². The van der Waals surface area contributed by atoms with Crippen LogP contribution in [0.3, 0.4) is 0 Å². The number of nitrogens with zero attached hydrogens (tertiary/aromatic N) is 2. The standard InChI is InChI=1S/C26H34N2O5/c1-26(2,3)33-25(31)27(4)21-11-8-14-28(17-21)24(30)16-20-15-22(29)12-13-23(20)32-18-19-9-6-5-7-10-19/h5-7,9-10,12-13,15,21,29H,8,11,14,16-18H2,1-4H3/t21-/m0/s1. The van der Waals surface area contributed by atoms with Gasteiger partial charge in [-0.25, -0.2) is 4.79 Å². The molecule has 0 spiro atoms. The Labute approximate surface area is 195 Å². The number of amides is 2. The number of hydrogen-bond acceptors (Lipinski definition) is 5. The number of phenolic OH excluding ortho intramolecular Hbond substituents is 1. The molecule has 0 aliphatic carbocycles. The van der Waals surface area contributed by atoms with Gasteiger partial charge in [0, 0.05) is 25.7 Å². The van der Waals surface area contributed by atoms with Crippen molar-refractivity contribution in [2.75, 3.05) is 20.1 Å². The molecule has 7 heteroatoms. The van der Waals surface area contributed by atoms with Gasteiger partial charge in [-0.15, -0.1) is 0 Å². The lowest BCUT2D eigenvalue weighted by atomic mass is 10.0. The minimum absolute atomic E-state index is 0.0625. The van der Waals surface area contributed by atoms with Crippen LogP contribution in [-0.4, -0.2) is 58.7 Å². The summed E-state index contributed by atoms with van der Waals surface area (Å²) in [7, 11) is 1.72. The van der Waals surface area contributed by atoms with Gasteiger partial charge in [0.1, 0.15) is 23.7 Å². The summed E-state index contributed by atoms with van der Waals surface area (Å²) in [6, 6.07) is 14.5. The first-order chi connectivity index (χ1) is 15.6. The zero-order chi connectivity index (χ0) is 24.0. The van der Waals surface area contributed by atoms with Crippen molar-refractivity contribution >= 4 is 12.0 Å². The van der Waals surface area contributed by atoms with Crippen molar-refractivity contribution in [1.82, 2.24) is 9.80 Å². The monoisotopic (exact) mass is 454 g/mol. The predicted molar refractivity (Wildman–Crippen MR) is 126 cm³/mol. The molecule has 33 heavy (non-hydrogen) atoms. The number of aromatic hydroxyl groups is 1. The molecule has 178 valence electrons. The Hall–Kier alpha value is -3.22. The van der Waals surface area contributed by atoms with Crippen LogP contribution in [0.5, 0.6) is 11.5 Å². The largest absolute Gasteiger partial charge is 0.508 e. The number of likely N-dealkylation sites (tertiary alicyclic amines) is 1. The number of benzene rings is 2. The van der Waals surface area contributed by atoms with Gasteiger partial charge in [-0.1, -0.05) is 30.3 Å². The molecular weight excluding hydrogens is 420 g/mol. The van der Waals surface area contributed by atoms with Crippen molar-refractivity contribution in [2.45, 2.75) is 58.3 Å². The van der Waals surface area contributed by atoms with Crippen molar-refractivity contribution in [3.63, 3.8) is 0 Å². The van der Waals surface area contributed by atoms with Crippen LogP contribution in [0.25, 0.3) is 0 Å². The number of phenols is 1. The Morgan fingerprint density at radius 2 is 1.88 bits per heavy atom. The van der Waals surface area contributed by atoms with Gasteiger partial charge in [0.2, 0.25) is 5.91 Å². The molecule has 1 atom stereocenters. The molecule has 0 aromatic heterocycles. The second-order valence-corrected chi connectivity index (χ2v) is 9.47. The summed E-state index contributed by atoms with van der Waals surface area (Å²) in [5.74, 6) is 0.600. The first kappa shape index (κ1) is 24.4. The molecule has 2 aromatic carbocycles. The molecule has 0 bridgehead atoms. The van der Waals surface area contributed by atoms with E-state index in [2.05, 4.69) is 0 Å². The highest BCUT2D eigenvalue weighted by atomic mass is 16.6. The van der Waals surface area contributed by atoms with Gasteiger partial charge < -0.3 is 24.4 Å². The zero-order valence-electron chi connectivity index (χ0n) is 19.9. The minimum Gasteiger partial charge on any atom is -0.508 e. The van der Waals surface area contributed by atoms with Crippen LogP contribution in [-0.2, 0) is 22.6 Å². The Kier molecular flexibility index (Phi) is 7.84. The Balaban J connectivity index is 1.64. The molecule has 0 radical (unpaired) electrons. The van der Waals surface area contributed by atoms with E-state index >= 15 is 0 Å². The normalized spacial score (nSPS) is 16.2. The van der Waals surface area contributed by atoms with Gasteiger partial charge >= 0.3 is 6.09 Å². The number of hydrogen-bond donors (Lipinski definition) is 1. The average Bonchev–Trinajstić information content (AvgIpc) is 2.77. The third-order valence-electron chi connectivity index (χ3n) is 5.60. The van der Waals surface area contributed by atoms with Crippen LogP contribution in [0.4, 0.5) is 4.79 Å². The highest BCUT2D eigenvalue weighted by Crippen LogP contribution is 2.26. The van der Waals surface area contributed by atoms with E-state index in [0.29, 0.717) is 31.0 Å². The van der Waals surface area contributed by atoms with Gasteiger partial charge in [0.25, 0.3) is 0 Å². The summed E-state index contributed by atoms with van der Waals surface area (Å²) >= 11 is 0. The van der Waals surface area contributed by atoms with E-state index in [1.165, 1.54) is 0 Å². The fourth-order valence-electron chi connectivity index (χ4n) is 3.84. The van der Waals surface area contributed by atoms with Crippen LogP contribution in [0.15, 0.2) is 48.5 Å². The Bertz CT molecular complexity index is 955. The summed E-state index contributed by atoms with van der Waals surface area (Å²) in [5, 5.41) is 9.98. The zero-order valence-corrected chi connectivity index (χ0v) is 19.9. The molecule has 1 aliphatic heterocycles. The van der Waals surface area contributed by atoms with Crippen LogP contribution in [0.1, 0.15) is 44.7 Å². The molecule has 1 saturated heterocycles. The lowest BCUT2D eigenvalue weighted by molar-refractivity contribution is -0.132. The first-order valence-electron chi connectivity index (χ1n) is 11.3. The number of rotatable bonds is 6. The summed E-state index contributed by atoms with van der Waals surface area (Å²) in [6.07, 6.45) is 1.35. The summed E-state index contributed by atoms with van der Waals surface area (Å²) in [6.45, 7) is 6.97.